The molecule has 0 spiro atoms. The molecule has 0 radical (unpaired) electrons. The van der Waals surface area contributed by atoms with Crippen LogP contribution in [0.4, 0.5) is 13.2 Å². The first kappa shape index (κ1) is 11.0. The lowest BCUT2D eigenvalue weighted by Crippen LogP contribution is -2.04. The molecule has 0 aliphatic rings. The summed E-state index contributed by atoms with van der Waals surface area (Å²) in [6.07, 6.45) is -2.65. The van der Waals surface area contributed by atoms with Gasteiger partial charge in [0.15, 0.2) is 0 Å². The molecular weight excluding hydrogens is 217 g/mol. The Bertz CT molecular complexity index is 499. The number of benzene rings is 1. The number of alkyl halides is 3. The van der Waals surface area contributed by atoms with Crippen molar-refractivity contribution in [3.05, 3.63) is 29.6 Å². The molecule has 86 valence electrons. The minimum absolute atomic E-state index is 0.443. The number of hydrogen-bond acceptors (Lipinski definition) is 1. The van der Waals surface area contributed by atoms with Crippen LogP contribution in [0.25, 0.3) is 11.0 Å². The van der Waals surface area contributed by atoms with Crippen LogP contribution in [0.1, 0.15) is 24.7 Å². The van der Waals surface area contributed by atoms with E-state index in [-0.39, 0.29) is 0 Å². The van der Waals surface area contributed by atoms with Crippen LogP contribution in [0.3, 0.4) is 0 Å². The van der Waals surface area contributed by atoms with Gasteiger partial charge in [0.25, 0.3) is 0 Å². The number of aryl methyl sites for hydroxylation is 1. The molecule has 5 heteroatoms. The van der Waals surface area contributed by atoms with E-state index in [2.05, 4.69) is 9.97 Å². The van der Waals surface area contributed by atoms with Crippen LogP contribution in [-0.4, -0.2) is 9.97 Å². The summed E-state index contributed by atoms with van der Waals surface area (Å²) < 4.78 is 37.3. The number of nitrogens with one attached hydrogen (secondary N) is 1. The third kappa shape index (κ3) is 2.03. The quantitative estimate of drug-likeness (QED) is 0.836. The summed E-state index contributed by atoms with van der Waals surface area (Å²) in [4.78, 5) is 7.10. The van der Waals surface area contributed by atoms with Gasteiger partial charge in [-0.15, -0.1) is 0 Å². The number of aromatic amines is 1. The van der Waals surface area contributed by atoms with Crippen molar-refractivity contribution in [2.75, 3.05) is 0 Å². The van der Waals surface area contributed by atoms with E-state index >= 15 is 0 Å². The molecule has 0 bridgehead atoms. The van der Waals surface area contributed by atoms with Gasteiger partial charge < -0.3 is 4.98 Å². The van der Waals surface area contributed by atoms with Crippen LogP contribution < -0.4 is 0 Å². The minimum atomic E-state index is -4.30. The molecule has 16 heavy (non-hydrogen) atoms. The van der Waals surface area contributed by atoms with Crippen molar-refractivity contribution in [1.82, 2.24) is 9.97 Å². The fraction of sp³-hybridized carbons (Fsp3) is 0.364. The number of fused-ring (bicyclic) bond motifs is 1. The van der Waals surface area contributed by atoms with Crippen molar-refractivity contribution in [2.45, 2.75) is 25.9 Å². The predicted octanol–water partition coefficient (Wildman–Crippen LogP) is 3.53. The Kier molecular flexibility index (Phi) is 2.61. The van der Waals surface area contributed by atoms with Gasteiger partial charge in [0, 0.05) is 6.42 Å². The van der Waals surface area contributed by atoms with Crippen molar-refractivity contribution in [3.63, 3.8) is 0 Å². The lowest BCUT2D eigenvalue weighted by atomic mass is 10.2. The average Bonchev–Trinajstić information content (AvgIpc) is 2.57. The second-order valence-electron chi connectivity index (χ2n) is 3.66. The van der Waals surface area contributed by atoms with Gasteiger partial charge in [0.05, 0.1) is 16.6 Å². The van der Waals surface area contributed by atoms with Crippen molar-refractivity contribution < 1.29 is 13.2 Å². The summed E-state index contributed by atoms with van der Waals surface area (Å²) >= 11 is 0. The number of aromatic nitrogens is 2. The number of hydrogen-bond donors (Lipinski definition) is 1. The molecule has 0 aliphatic heterocycles. The van der Waals surface area contributed by atoms with Crippen LogP contribution in [0.2, 0.25) is 0 Å². The third-order valence-electron chi connectivity index (χ3n) is 2.35. The molecule has 2 rings (SSSR count). The van der Waals surface area contributed by atoms with Crippen LogP contribution in [0.5, 0.6) is 0 Å². The standard InChI is InChI=1S/C11H11F3N2/c1-2-3-10-15-8-5-4-7(11(12,13)14)6-9(8)16-10/h4-6H,2-3H2,1H3,(H,15,16). The molecule has 0 amide bonds. The van der Waals surface area contributed by atoms with Gasteiger partial charge in [-0.2, -0.15) is 13.2 Å². The van der Waals surface area contributed by atoms with E-state index < -0.39 is 11.7 Å². The first-order valence-electron chi connectivity index (χ1n) is 5.06. The molecule has 1 N–H and O–H groups in total. The van der Waals surface area contributed by atoms with Gasteiger partial charge in [-0.05, 0) is 24.6 Å². The smallest absolute Gasteiger partial charge is 0.342 e. The maximum atomic E-state index is 12.4. The molecule has 2 aromatic rings. The number of halogens is 3. The Hall–Kier alpha value is -1.52. The Morgan fingerprint density at radius 2 is 2.06 bits per heavy atom. The molecule has 0 fully saturated rings. The SMILES string of the molecule is CCCc1nc2ccc(C(F)(F)F)cc2[nH]1. The molecule has 1 aromatic heterocycles. The molecule has 0 aliphatic carbocycles. The van der Waals surface area contributed by atoms with E-state index in [4.69, 9.17) is 0 Å². The zero-order valence-corrected chi connectivity index (χ0v) is 8.73. The normalized spacial score (nSPS) is 12.2. The lowest BCUT2D eigenvalue weighted by Gasteiger charge is -2.05. The number of imidazole rings is 1. The van der Waals surface area contributed by atoms with Crippen LogP contribution >= 0.6 is 0 Å². The summed E-state index contributed by atoms with van der Waals surface area (Å²) in [6.45, 7) is 1.99. The second-order valence-corrected chi connectivity index (χ2v) is 3.66. The summed E-state index contributed by atoms with van der Waals surface area (Å²) in [5.41, 5.74) is 0.376. The van der Waals surface area contributed by atoms with Crippen molar-refractivity contribution in [3.8, 4) is 0 Å². The Balaban J connectivity index is 2.46. The van der Waals surface area contributed by atoms with E-state index in [9.17, 15) is 13.2 Å². The van der Waals surface area contributed by atoms with Gasteiger partial charge in [-0.25, -0.2) is 4.98 Å². The molecule has 1 aromatic carbocycles. The Labute approximate surface area is 90.5 Å². The minimum Gasteiger partial charge on any atom is -0.342 e. The summed E-state index contributed by atoms with van der Waals surface area (Å²) in [6, 6.07) is 3.55. The highest BCUT2D eigenvalue weighted by Gasteiger charge is 2.30. The van der Waals surface area contributed by atoms with Crippen LogP contribution in [-0.2, 0) is 12.6 Å². The molecule has 0 saturated heterocycles. The highest BCUT2D eigenvalue weighted by atomic mass is 19.4. The summed E-state index contributed by atoms with van der Waals surface area (Å²) in [7, 11) is 0. The van der Waals surface area contributed by atoms with Crippen LogP contribution in [0.15, 0.2) is 18.2 Å². The largest absolute Gasteiger partial charge is 0.416 e. The van der Waals surface area contributed by atoms with Crippen molar-refractivity contribution >= 4 is 11.0 Å². The third-order valence-corrected chi connectivity index (χ3v) is 2.35. The maximum Gasteiger partial charge on any atom is 0.416 e. The molecule has 0 atom stereocenters. The van der Waals surface area contributed by atoms with Gasteiger partial charge in [-0.1, -0.05) is 6.92 Å². The van der Waals surface area contributed by atoms with Crippen LogP contribution in [0, 0.1) is 0 Å². The molecule has 2 nitrogen and oxygen atoms in total. The molecular formula is C11H11F3N2. The fourth-order valence-corrected chi connectivity index (χ4v) is 1.59. The van der Waals surface area contributed by atoms with Gasteiger partial charge in [0.2, 0.25) is 0 Å². The molecule has 0 unspecified atom stereocenters. The highest BCUT2D eigenvalue weighted by Crippen LogP contribution is 2.30. The van der Waals surface area contributed by atoms with E-state index in [0.29, 0.717) is 11.0 Å². The monoisotopic (exact) mass is 228 g/mol. The lowest BCUT2D eigenvalue weighted by molar-refractivity contribution is -0.137. The Morgan fingerprint density at radius 3 is 2.69 bits per heavy atom. The zero-order valence-electron chi connectivity index (χ0n) is 8.73. The topological polar surface area (TPSA) is 28.7 Å². The second kappa shape index (κ2) is 3.81. The van der Waals surface area contributed by atoms with Gasteiger partial charge >= 0.3 is 6.18 Å². The number of rotatable bonds is 2. The number of H-pyrrole nitrogens is 1. The molecule has 0 saturated carbocycles. The molecule has 1 heterocycles. The van der Waals surface area contributed by atoms with E-state index in [1.807, 2.05) is 6.92 Å². The van der Waals surface area contributed by atoms with Crippen molar-refractivity contribution in [1.29, 1.82) is 0 Å². The number of nitrogens with zero attached hydrogens (tertiary/aromatic N) is 1. The zero-order chi connectivity index (χ0) is 11.8. The van der Waals surface area contributed by atoms with Crippen molar-refractivity contribution in [2.24, 2.45) is 0 Å². The highest BCUT2D eigenvalue weighted by molar-refractivity contribution is 5.76. The van der Waals surface area contributed by atoms with E-state index in [1.165, 1.54) is 6.07 Å². The maximum absolute atomic E-state index is 12.4. The first-order chi connectivity index (χ1) is 7.50. The van der Waals surface area contributed by atoms with E-state index in [1.54, 1.807) is 0 Å². The first-order valence-corrected chi connectivity index (χ1v) is 5.06. The van der Waals surface area contributed by atoms with E-state index in [0.717, 1.165) is 30.8 Å². The summed E-state index contributed by atoms with van der Waals surface area (Å²) in [5, 5.41) is 0. The average molecular weight is 228 g/mol. The Morgan fingerprint density at radius 1 is 1.31 bits per heavy atom. The fourth-order valence-electron chi connectivity index (χ4n) is 1.59. The van der Waals surface area contributed by atoms with Gasteiger partial charge in [0.1, 0.15) is 5.82 Å². The van der Waals surface area contributed by atoms with Gasteiger partial charge in [-0.3, -0.25) is 0 Å². The summed E-state index contributed by atoms with van der Waals surface area (Å²) in [5.74, 6) is 0.733. The predicted molar refractivity (Wildman–Crippen MR) is 55.1 cm³/mol.